The molecule has 1 rings (SSSR count). The molecule has 0 bridgehead atoms. The summed E-state index contributed by atoms with van der Waals surface area (Å²) >= 11 is 0. The molecule has 0 saturated carbocycles. The molecular weight excluding hydrogens is 703 g/mol. The van der Waals surface area contributed by atoms with Crippen LogP contribution in [0.25, 0.3) is 0 Å². The molecule has 5 N–H and O–H groups in total. The molecule has 3 unspecified atom stereocenters. The van der Waals surface area contributed by atoms with Gasteiger partial charge in [-0.3, -0.25) is 23.7 Å². The van der Waals surface area contributed by atoms with Gasteiger partial charge in [-0.2, -0.15) is 8.42 Å². The molecular formula is C34H55NaO15S. The van der Waals surface area contributed by atoms with Crippen LogP contribution < -0.4 is 0 Å². The van der Waals surface area contributed by atoms with Gasteiger partial charge in [-0.1, -0.05) is 66.2 Å². The maximum atomic E-state index is 12.2. The number of ether oxygens (including phenoxy) is 2. The first kappa shape index (κ1) is 52.3. The first-order valence-electron chi connectivity index (χ1n) is 16.7. The number of hydrogen-bond donors (Lipinski definition) is 5. The number of carbonyl (C=O) groups is 6. The van der Waals surface area contributed by atoms with E-state index in [2.05, 4.69) is 13.8 Å². The van der Waals surface area contributed by atoms with Crippen molar-refractivity contribution in [1.29, 1.82) is 0 Å². The monoisotopic (exact) mass is 758 g/mol. The predicted molar refractivity (Wildman–Crippen MR) is 190 cm³/mol. The quantitative estimate of drug-likeness (QED) is 0.0410. The second-order valence-corrected chi connectivity index (χ2v) is 13.1. The fourth-order valence-electron chi connectivity index (χ4n) is 4.13. The van der Waals surface area contributed by atoms with Crippen molar-refractivity contribution >= 4 is 75.5 Å². The van der Waals surface area contributed by atoms with E-state index in [1.54, 1.807) is 0 Å². The molecule has 288 valence electrons. The number of esters is 2. The van der Waals surface area contributed by atoms with Crippen LogP contribution in [0, 0.1) is 11.8 Å². The van der Waals surface area contributed by atoms with Crippen molar-refractivity contribution in [3.63, 3.8) is 0 Å². The molecule has 0 aliphatic heterocycles. The average molecular weight is 759 g/mol. The Hall–Kier alpha value is -3.05. The van der Waals surface area contributed by atoms with E-state index in [9.17, 15) is 41.7 Å². The second-order valence-electron chi connectivity index (χ2n) is 11.5. The summed E-state index contributed by atoms with van der Waals surface area (Å²) in [5, 5.41) is 31.3. The number of aromatic carboxylic acids is 2. The first-order chi connectivity index (χ1) is 23.4. The van der Waals surface area contributed by atoms with E-state index >= 15 is 0 Å². The summed E-state index contributed by atoms with van der Waals surface area (Å²) in [5.74, 6) is -5.47. The van der Waals surface area contributed by atoms with E-state index in [0.717, 1.165) is 51.4 Å². The van der Waals surface area contributed by atoms with E-state index in [-0.39, 0.29) is 78.6 Å². The normalized spacial score (nSPS) is 12.2. The number of carboxylic acid groups (broad SMARTS) is 4. The molecule has 17 heteroatoms. The summed E-state index contributed by atoms with van der Waals surface area (Å²) in [6.07, 6.45) is 7.76. The molecule has 1 aromatic carbocycles. The SMILES string of the molecule is CCCCC(CC)COC(=O)CC(C(=O)OCC(CC)CCCC)S(=O)(=O)O.O=C(O)CCCCC(=O)O.O=C(O)c1ccc(C(=O)O)cc1.[NaH]. The van der Waals surface area contributed by atoms with Gasteiger partial charge in [0.15, 0.2) is 5.25 Å². The van der Waals surface area contributed by atoms with Crippen LogP contribution in [0.2, 0.25) is 0 Å². The van der Waals surface area contributed by atoms with Crippen molar-refractivity contribution in [2.24, 2.45) is 11.8 Å². The summed E-state index contributed by atoms with van der Waals surface area (Å²) in [4.78, 5) is 64.7. The van der Waals surface area contributed by atoms with Gasteiger partial charge in [-0.05, 0) is 61.8 Å². The molecule has 0 aliphatic carbocycles. The predicted octanol–water partition coefficient (Wildman–Crippen LogP) is 5.30. The minimum absolute atomic E-state index is 0. The summed E-state index contributed by atoms with van der Waals surface area (Å²) in [7, 11) is -4.76. The molecule has 0 saturated heterocycles. The van der Waals surface area contributed by atoms with Crippen molar-refractivity contribution < 1.29 is 71.6 Å². The van der Waals surface area contributed by atoms with Gasteiger partial charge in [0, 0.05) is 12.8 Å². The average Bonchev–Trinajstić information content (AvgIpc) is 3.05. The number of unbranched alkanes of at least 4 members (excludes halogenated alkanes) is 3. The Morgan fingerprint density at radius 1 is 0.647 bits per heavy atom. The molecule has 0 aromatic heterocycles. The summed E-state index contributed by atoms with van der Waals surface area (Å²) in [5.41, 5.74) is 0.167. The molecule has 51 heavy (non-hydrogen) atoms. The van der Waals surface area contributed by atoms with Gasteiger partial charge in [0.25, 0.3) is 10.1 Å². The third-order valence-electron chi connectivity index (χ3n) is 7.41. The van der Waals surface area contributed by atoms with E-state index in [0.29, 0.717) is 12.8 Å². The van der Waals surface area contributed by atoms with Crippen molar-refractivity contribution in [3.8, 4) is 0 Å². The van der Waals surface area contributed by atoms with Crippen molar-refractivity contribution in [3.05, 3.63) is 35.4 Å². The van der Waals surface area contributed by atoms with Crippen LogP contribution in [0.3, 0.4) is 0 Å². The Bertz CT molecular complexity index is 1230. The van der Waals surface area contributed by atoms with E-state index in [1.165, 1.54) is 24.3 Å². The van der Waals surface area contributed by atoms with Crippen LogP contribution in [0.5, 0.6) is 0 Å². The third-order valence-corrected chi connectivity index (χ3v) is 8.49. The van der Waals surface area contributed by atoms with Gasteiger partial charge in [0.05, 0.1) is 30.8 Å². The van der Waals surface area contributed by atoms with Crippen molar-refractivity contribution in [1.82, 2.24) is 0 Å². The molecule has 0 aliphatic rings. The Morgan fingerprint density at radius 3 is 1.31 bits per heavy atom. The minimum atomic E-state index is -4.76. The summed E-state index contributed by atoms with van der Waals surface area (Å²) in [6, 6.07) is 5.02. The summed E-state index contributed by atoms with van der Waals surface area (Å²) < 4.78 is 42.8. The molecule has 3 atom stereocenters. The van der Waals surface area contributed by atoms with Crippen LogP contribution in [-0.4, -0.2) is 117 Å². The van der Waals surface area contributed by atoms with Crippen molar-refractivity contribution in [2.75, 3.05) is 13.2 Å². The number of carboxylic acids is 4. The van der Waals surface area contributed by atoms with E-state index in [1.807, 2.05) is 13.8 Å². The van der Waals surface area contributed by atoms with Crippen LogP contribution in [0.1, 0.15) is 132 Å². The van der Waals surface area contributed by atoms with E-state index < -0.39 is 57.6 Å². The zero-order valence-corrected chi connectivity index (χ0v) is 30.2. The van der Waals surface area contributed by atoms with Crippen LogP contribution in [0.4, 0.5) is 0 Å². The standard InChI is InChI=1S/C20H38O7S.C8H6O4.C6H10O4.Na.H/c1-5-9-11-16(7-3)14-26-19(21)13-18(28(23,24)25)20(22)27-15-17(8-4)12-10-6-2;9-7(10)5-1-2-6(4-3-5)8(11)12;7-5(8)3-1-2-4-6(9)10;;/h16-18H,5-15H2,1-4H3,(H,23,24,25);1-4H,(H,9,10)(H,11,12);1-4H2,(H,7,8)(H,9,10);;. The Labute approximate surface area is 322 Å². The van der Waals surface area contributed by atoms with Gasteiger partial charge in [0.2, 0.25) is 0 Å². The fraction of sp³-hybridized carbons (Fsp3) is 0.647. The topological polar surface area (TPSA) is 256 Å². The van der Waals surface area contributed by atoms with Crippen LogP contribution >= 0.6 is 0 Å². The zero-order chi connectivity index (χ0) is 38.7. The Kier molecular flexibility index (Phi) is 31.4. The molecule has 0 heterocycles. The fourth-order valence-corrected chi connectivity index (χ4v) is 4.79. The first-order valence-corrected chi connectivity index (χ1v) is 18.2. The van der Waals surface area contributed by atoms with Gasteiger partial charge in [0.1, 0.15) is 0 Å². The van der Waals surface area contributed by atoms with Crippen LogP contribution in [-0.2, 0) is 38.8 Å². The van der Waals surface area contributed by atoms with Gasteiger partial charge >= 0.3 is 65.4 Å². The third kappa shape index (κ3) is 28.2. The number of hydrogen-bond acceptors (Lipinski definition) is 10. The molecule has 0 radical (unpaired) electrons. The molecule has 0 fully saturated rings. The molecule has 1 aromatic rings. The Balaban J connectivity index is -0.000000817. The molecule has 0 amide bonds. The van der Waals surface area contributed by atoms with Gasteiger partial charge in [-0.15, -0.1) is 0 Å². The van der Waals surface area contributed by atoms with Crippen LogP contribution in [0.15, 0.2) is 24.3 Å². The molecule has 0 spiro atoms. The Morgan fingerprint density at radius 2 is 1.02 bits per heavy atom. The van der Waals surface area contributed by atoms with Crippen molar-refractivity contribution in [2.45, 2.75) is 116 Å². The van der Waals surface area contributed by atoms with E-state index in [4.69, 9.17) is 29.9 Å². The van der Waals surface area contributed by atoms with Gasteiger partial charge < -0.3 is 29.9 Å². The zero-order valence-electron chi connectivity index (χ0n) is 29.4. The molecule has 15 nitrogen and oxygen atoms in total. The maximum absolute atomic E-state index is 12.2. The second kappa shape index (κ2) is 30.6. The number of aliphatic carboxylic acids is 2. The number of rotatable bonds is 23. The number of benzene rings is 1. The number of carbonyl (C=O) groups excluding carboxylic acids is 2. The summed E-state index contributed by atoms with van der Waals surface area (Å²) in [6.45, 7) is 8.35. The van der Waals surface area contributed by atoms with Gasteiger partial charge in [-0.25, -0.2) is 9.59 Å².